The number of hydrogen-bond acceptors (Lipinski definition) is 4. The van der Waals surface area contributed by atoms with E-state index in [0.29, 0.717) is 35.0 Å². The molecule has 1 aliphatic heterocycles. The van der Waals surface area contributed by atoms with Gasteiger partial charge < -0.3 is 9.32 Å². The molecule has 0 unspecified atom stereocenters. The fraction of sp³-hybridized carbons (Fsp3) is 0.550. The number of piperidine rings is 1. The molecule has 2 aromatic rings. The van der Waals surface area contributed by atoms with Gasteiger partial charge in [0.1, 0.15) is 11.5 Å². The van der Waals surface area contributed by atoms with Crippen LogP contribution < -0.4 is 0 Å². The second-order valence-corrected chi connectivity index (χ2v) is 7.40. The Labute approximate surface area is 153 Å². The summed E-state index contributed by atoms with van der Waals surface area (Å²) in [7, 11) is 0. The van der Waals surface area contributed by atoms with Gasteiger partial charge in [-0.05, 0) is 44.6 Å². The van der Waals surface area contributed by atoms with E-state index in [4.69, 9.17) is 4.42 Å². The summed E-state index contributed by atoms with van der Waals surface area (Å²) < 4.78 is 7.71. The molecule has 0 spiro atoms. The average Bonchev–Trinajstić information content (AvgIpc) is 3.27. The van der Waals surface area contributed by atoms with Crippen molar-refractivity contribution in [2.24, 2.45) is 5.92 Å². The van der Waals surface area contributed by atoms with Gasteiger partial charge in [0.15, 0.2) is 5.78 Å². The summed E-state index contributed by atoms with van der Waals surface area (Å²) in [4.78, 5) is 27.3. The summed E-state index contributed by atoms with van der Waals surface area (Å²) in [6, 6.07) is 1.94. The van der Waals surface area contributed by atoms with E-state index in [-0.39, 0.29) is 11.7 Å². The Morgan fingerprint density at radius 1 is 1.31 bits per heavy atom. The number of ketones is 1. The van der Waals surface area contributed by atoms with Crippen LogP contribution in [0.1, 0.15) is 64.3 Å². The maximum absolute atomic E-state index is 13.1. The molecule has 2 aromatic heterocycles. The maximum atomic E-state index is 13.1. The van der Waals surface area contributed by atoms with Crippen LogP contribution in [0.2, 0.25) is 0 Å². The minimum atomic E-state index is -0.0340. The van der Waals surface area contributed by atoms with Gasteiger partial charge in [0.25, 0.3) is 5.91 Å². The number of aromatic nitrogens is 2. The smallest absolute Gasteiger partial charge is 0.258 e. The van der Waals surface area contributed by atoms with Gasteiger partial charge in [-0.2, -0.15) is 5.10 Å². The van der Waals surface area contributed by atoms with Gasteiger partial charge in [-0.15, -0.1) is 0 Å². The molecule has 0 bridgehead atoms. The van der Waals surface area contributed by atoms with Crippen molar-refractivity contribution < 1.29 is 14.0 Å². The van der Waals surface area contributed by atoms with Crippen LogP contribution in [0.5, 0.6) is 0 Å². The fourth-order valence-electron chi connectivity index (χ4n) is 4.20. The predicted octanol–water partition coefficient (Wildman–Crippen LogP) is 3.25. The standard InChI is InChI=1S/C20H25N3O3/c1-14-18(19-16(24)4-2-5-17(19)26-14)20(25)22-11-6-15(7-12-22)8-13-23-10-3-9-21-23/h3,9-10,15H,2,4-8,11-13H2,1H3. The van der Waals surface area contributed by atoms with Gasteiger partial charge in [-0.1, -0.05) is 0 Å². The quantitative estimate of drug-likeness (QED) is 0.844. The minimum absolute atomic E-state index is 0.0340. The maximum Gasteiger partial charge on any atom is 0.258 e. The Hall–Kier alpha value is -2.37. The van der Waals surface area contributed by atoms with Gasteiger partial charge in [-0.3, -0.25) is 14.3 Å². The third kappa shape index (κ3) is 3.20. The molecule has 4 rings (SSSR count). The van der Waals surface area contributed by atoms with Gasteiger partial charge >= 0.3 is 0 Å². The molecule has 1 amide bonds. The Morgan fingerprint density at radius 2 is 2.12 bits per heavy atom. The molecule has 0 N–H and O–H groups in total. The van der Waals surface area contributed by atoms with E-state index in [9.17, 15) is 9.59 Å². The zero-order chi connectivity index (χ0) is 18.1. The lowest BCUT2D eigenvalue weighted by atomic mass is 9.91. The first-order valence-corrected chi connectivity index (χ1v) is 9.55. The predicted molar refractivity (Wildman–Crippen MR) is 96.2 cm³/mol. The normalized spacial score (nSPS) is 18.2. The highest BCUT2D eigenvalue weighted by molar-refractivity contribution is 6.10. The highest BCUT2D eigenvalue weighted by Crippen LogP contribution is 2.31. The average molecular weight is 355 g/mol. The lowest BCUT2D eigenvalue weighted by molar-refractivity contribution is 0.0678. The summed E-state index contributed by atoms with van der Waals surface area (Å²) >= 11 is 0. The van der Waals surface area contributed by atoms with E-state index in [1.165, 1.54) is 0 Å². The van der Waals surface area contributed by atoms with Crippen LogP contribution in [0.25, 0.3) is 0 Å². The number of rotatable bonds is 4. The van der Waals surface area contributed by atoms with Gasteiger partial charge in [0, 0.05) is 44.9 Å². The Bertz CT molecular complexity index is 799. The molecule has 138 valence electrons. The lowest BCUT2D eigenvalue weighted by Gasteiger charge is -2.32. The number of likely N-dealkylation sites (tertiary alicyclic amines) is 1. The van der Waals surface area contributed by atoms with Crippen molar-refractivity contribution in [3.8, 4) is 0 Å². The molecule has 1 fully saturated rings. The molecule has 0 atom stereocenters. The van der Waals surface area contributed by atoms with Crippen LogP contribution in [0.15, 0.2) is 22.9 Å². The summed E-state index contributed by atoms with van der Waals surface area (Å²) in [6.07, 6.45) is 8.96. The SMILES string of the molecule is Cc1oc2c(c1C(=O)N1CCC(CCn3cccn3)CC1)C(=O)CCC2. The number of fused-ring (bicyclic) bond motifs is 1. The van der Waals surface area contributed by atoms with Crippen molar-refractivity contribution in [1.29, 1.82) is 0 Å². The highest BCUT2D eigenvalue weighted by Gasteiger charge is 2.33. The summed E-state index contributed by atoms with van der Waals surface area (Å²) in [5, 5.41) is 4.25. The molecule has 1 aliphatic carbocycles. The van der Waals surface area contributed by atoms with Crippen LogP contribution in [0.4, 0.5) is 0 Å². The monoisotopic (exact) mass is 355 g/mol. The zero-order valence-electron chi connectivity index (χ0n) is 15.2. The largest absolute Gasteiger partial charge is 0.465 e. The van der Waals surface area contributed by atoms with Crippen molar-refractivity contribution >= 4 is 11.7 Å². The minimum Gasteiger partial charge on any atom is -0.465 e. The van der Waals surface area contributed by atoms with Crippen LogP contribution in [0, 0.1) is 12.8 Å². The van der Waals surface area contributed by atoms with E-state index in [1.807, 2.05) is 21.8 Å². The number of carbonyl (C=O) groups excluding carboxylic acids is 2. The van der Waals surface area contributed by atoms with E-state index < -0.39 is 0 Å². The van der Waals surface area contributed by atoms with Crippen molar-refractivity contribution in [2.75, 3.05) is 13.1 Å². The zero-order valence-corrected chi connectivity index (χ0v) is 15.2. The van der Waals surface area contributed by atoms with Crippen LogP contribution >= 0.6 is 0 Å². The van der Waals surface area contributed by atoms with Gasteiger partial charge in [0.05, 0.1) is 11.1 Å². The second-order valence-electron chi connectivity index (χ2n) is 7.40. The van der Waals surface area contributed by atoms with E-state index in [2.05, 4.69) is 5.10 Å². The number of carbonyl (C=O) groups is 2. The Balaban J connectivity index is 1.40. The third-order valence-corrected chi connectivity index (χ3v) is 5.68. The Kier molecular flexibility index (Phi) is 4.66. The molecule has 1 saturated heterocycles. The van der Waals surface area contributed by atoms with E-state index in [0.717, 1.165) is 51.7 Å². The van der Waals surface area contributed by atoms with Crippen molar-refractivity contribution in [3.05, 3.63) is 41.1 Å². The second kappa shape index (κ2) is 7.09. The molecule has 3 heterocycles. The molecular weight excluding hydrogens is 330 g/mol. The van der Waals surface area contributed by atoms with Crippen LogP contribution in [-0.4, -0.2) is 39.5 Å². The number of amides is 1. The van der Waals surface area contributed by atoms with Gasteiger partial charge in [-0.25, -0.2) is 0 Å². The van der Waals surface area contributed by atoms with Crippen molar-refractivity contribution in [1.82, 2.24) is 14.7 Å². The molecule has 0 aromatic carbocycles. The van der Waals surface area contributed by atoms with Crippen LogP contribution in [0.3, 0.4) is 0 Å². The molecule has 6 heteroatoms. The third-order valence-electron chi connectivity index (χ3n) is 5.68. The summed E-state index contributed by atoms with van der Waals surface area (Å²) in [5.41, 5.74) is 1.07. The van der Waals surface area contributed by atoms with E-state index in [1.54, 1.807) is 13.1 Å². The topological polar surface area (TPSA) is 68.3 Å². The number of nitrogens with zero attached hydrogens (tertiary/aromatic N) is 3. The Morgan fingerprint density at radius 3 is 2.85 bits per heavy atom. The van der Waals surface area contributed by atoms with Crippen molar-refractivity contribution in [3.63, 3.8) is 0 Å². The van der Waals surface area contributed by atoms with Gasteiger partial charge in [0.2, 0.25) is 0 Å². The number of hydrogen-bond donors (Lipinski definition) is 0. The first-order chi connectivity index (χ1) is 12.6. The molecule has 0 saturated carbocycles. The molecule has 0 radical (unpaired) electrons. The summed E-state index contributed by atoms with van der Waals surface area (Å²) in [6.45, 7) is 4.22. The molecular formula is C20H25N3O3. The highest BCUT2D eigenvalue weighted by atomic mass is 16.3. The number of aryl methyl sites for hydroxylation is 3. The summed E-state index contributed by atoms with van der Waals surface area (Å²) in [5.74, 6) is 1.94. The molecule has 6 nitrogen and oxygen atoms in total. The van der Waals surface area contributed by atoms with E-state index >= 15 is 0 Å². The molecule has 2 aliphatic rings. The van der Waals surface area contributed by atoms with Crippen molar-refractivity contribution in [2.45, 2.75) is 52.0 Å². The van der Waals surface area contributed by atoms with Crippen LogP contribution in [-0.2, 0) is 13.0 Å². The first-order valence-electron chi connectivity index (χ1n) is 9.55. The number of furan rings is 1. The fourth-order valence-corrected chi connectivity index (χ4v) is 4.20. The lowest BCUT2D eigenvalue weighted by Crippen LogP contribution is -2.39. The number of Topliss-reactive ketones (excluding diaryl/α,β-unsaturated/α-hetero) is 1. The first kappa shape index (κ1) is 17.1. The molecule has 26 heavy (non-hydrogen) atoms.